The minimum atomic E-state index is -2.96. The number of halogens is 3. The van der Waals surface area contributed by atoms with Gasteiger partial charge in [-0.15, -0.1) is 11.3 Å². The van der Waals surface area contributed by atoms with E-state index < -0.39 is 36.5 Å². The molecule has 0 spiro atoms. The first-order valence-corrected chi connectivity index (χ1v) is 10.0. The molecule has 6 nitrogen and oxygen atoms in total. The number of thiophene rings is 1. The van der Waals surface area contributed by atoms with Gasteiger partial charge in [0.25, 0.3) is 11.8 Å². The van der Waals surface area contributed by atoms with Crippen molar-refractivity contribution in [3.05, 3.63) is 22.8 Å². The molecule has 5 heterocycles. The van der Waals surface area contributed by atoms with Gasteiger partial charge in [-0.05, 0) is 0 Å². The van der Waals surface area contributed by atoms with Crippen molar-refractivity contribution in [2.24, 2.45) is 0 Å². The standard InChI is InChI=1S/C18H19F3N4O2S/c19-17(1-3-27-4-2-17)12-8-25-9-18(20,21)5-11-13(25)15(16(26)24-12)28-14(11)10-6-22-23-7-10/h6-7,12H,1-5,8-9H2,(H,22,23)(H,24,26)/t12-/m1/s1. The lowest BCUT2D eigenvalue weighted by Crippen LogP contribution is -2.57. The highest BCUT2D eigenvalue weighted by Crippen LogP contribution is 2.49. The van der Waals surface area contributed by atoms with Crippen LogP contribution in [0.25, 0.3) is 10.4 Å². The molecule has 5 rings (SSSR count). The summed E-state index contributed by atoms with van der Waals surface area (Å²) in [5.74, 6) is -3.36. The average molecular weight is 412 g/mol. The number of anilines is 1. The normalized spacial score (nSPS) is 25.8. The molecule has 3 aliphatic rings. The van der Waals surface area contributed by atoms with Crippen molar-refractivity contribution in [2.45, 2.75) is 36.9 Å². The van der Waals surface area contributed by atoms with Gasteiger partial charge in [0.15, 0.2) is 0 Å². The van der Waals surface area contributed by atoms with Crippen molar-refractivity contribution in [1.29, 1.82) is 0 Å². The van der Waals surface area contributed by atoms with E-state index in [4.69, 9.17) is 4.74 Å². The molecule has 2 aromatic heterocycles. The smallest absolute Gasteiger partial charge is 0.269 e. The van der Waals surface area contributed by atoms with Gasteiger partial charge in [0.05, 0.1) is 24.5 Å². The molecule has 1 fully saturated rings. The summed E-state index contributed by atoms with van der Waals surface area (Å²) in [6.45, 7) is 0.0133. The molecule has 28 heavy (non-hydrogen) atoms. The third kappa shape index (κ3) is 2.81. The van der Waals surface area contributed by atoms with Crippen molar-refractivity contribution < 1.29 is 22.7 Å². The van der Waals surface area contributed by atoms with Gasteiger partial charge in [0.2, 0.25) is 0 Å². The number of aromatic amines is 1. The second-order valence-electron chi connectivity index (χ2n) is 7.66. The Kier molecular flexibility index (Phi) is 3.99. The molecule has 0 bridgehead atoms. The van der Waals surface area contributed by atoms with E-state index in [9.17, 15) is 13.6 Å². The zero-order chi connectivity index (χ0) is 19.5. The number of hydrogen-bond donors (Lipinski definition) is 2. The molecule has 150 valence electrons. The molecule has 3 aliphatic heterocycles. The molecule has 1 atom stereocenters. The highest BCUT2D eigenvalue weighted by molar-refractivity contribution is 7.18. The minimum absolute atomic E-state index is 0.0133. The summed E-state index contributed by atoms with van der Waals surface area (Å²) in [5, 5.41) is 9.36. The number of H-pyrrole nitrogens is 1. The van der Waals surface area contributed by atoms with Gasteiger partial charge in [-0.1, -0.05) is 0 Å². The maximum Gasteiger partial charge on any atom is 0.269 e. The van der Waals surface area contributed by atoms with Crippen LogP contribution < -0.4 is 10.2 Å². The maximum absolute atomic E-state index is 15.5. The number of hydrogen-bond acceptors (Lipinski definition) is 5. The summed E-state index contributed by atoms with van der Waals surface area (Å²) < 4.78 is 50.0. The predicted molar refractivity (Wildman–Crippen MR) is 97.9 cm³/mol. The van der Waals surface area contributed by atoms with Gasteiger partial charge < -0.3 is 15.0 Å². The molecular formula is C18H19F3N4O2S. The van der Waals surface area contributed by atoms with E-state index in [1.165, 1.54) is 4.90 Å². The van der Waals surface area contributed by atoms with Crippen molar-refractivity contribution in [3.8, 4) is 10.4 Å². The number of ether oxygens (including phenoxy) is 1. The van der Waals surface area contributed by atoms with Crippen LogP contribution in [0.2, 0.25) is 0 Å². The largest absolute Gasteiger partial charge is 0.381 e. The lowest BCUT2D eigenvalue weighted by Gasteiger charge is -2.40. The number of alkyl halides is 3. The molecule has 1 saturated heterocycles. The summed E-state index contributed by atoms with van der Waals surface area (Å²) in [5.41, 5.74) is -0.0416. The summed E-state index contributed by atoms with van der Waals surface area (Å²) in [7, 11) is 0. The molecule has 0 unspecified atom stereocenters. The Bertz CT molecular complexity index is 908. The quantitative estimate of drug-likeness (QED) is 0.796. The van der Waals surface area contributed by atoms with Crippen LogP contribution >= 0.6 is 11.3 Å². The number of rotatable bonds is 2. The summed E-state index contributed by atoms with van der Waals surface area (Å²) >= 11 is 1.16. The topological polar surface area (TPSA) is 70.2 Å². The Hall–Kier alpha value is -2.07. The first-order chi connectivity index (χ1) is 13.4. The number of carbonyl (C=O) groups is 1. The summed E-state index contributed by atoms with van der Waals surface area (Å²) in [4.78, 5) is 15.4. The van der Waals surface area contributed by atoms with Gasteiger partial charge in [-0.25, -0.2) is 13.2 Å². The fraction of sp³-hybridized carbons (Fsp3) is 0.556. The highest BCUT2D eigenvalue weighted by atomic mass is 32.1. The van der Waals surface area contributed by atoms with Crippen LogP contribution in [-0.2, 0) is 11.2 Å². The van der Waals surface area contributed by atoms with Crippen molar-refractivity contribution in [1.82, 2.24) is 15.5 Å². The Labute approximate surface area is 163 Å². The van der Waals surface area contributed by atoms with Crippen LogP contribution in [0.15, 0.2) is 12.4 Å². The molecule has 2 N–H and O–H groups in total. The predicted octanol–water partition coefficient (Wildman–Crippen LogP) is 2.77. The van der Waals surface area contributed by atoms with Crippen molar-refractivity contribution >= 4 is 22.9 Å². The molecule has 2 aromatic rings. The first-order valence-electron chi connectivity index (χ1n) is 9.21. The molecule has 1 amide bonds. The van der Waals surface area contributed by atoms with E-state index in [-0.39, 0.29) is 32.6 Å². The number of aromatic nitrogens is 2. The van der Waals surface area contributed by atoms with E-state index in [2.05, 4.69) is 15.5 Å². The molecule has 0 aliphatic carbocycles. The SMILES string of the molecule is O=C1N[C@@H](C2(F)CCOCC2)CN2CC(F)(F)Cc3c(-c4cn[nH]c4)sc1c32. The Morgan fingerprint density at radius 2 is 2.04 bits per heavy atom. The van der Waals surface area contributed by atoms with Crippen molar-refractivity contribution in [2.75, 3.05) is 31.2 Å². The average Bonchev–Trinajstić information content (AvgIpc) is 3.25. The van der Waals surface area contributed by atoms with Crippen LogP contribution in [0, 0.1) is 0 Å². The van der Waals surface area contributed by atoms with Gasteiger partial charge in [0.1, 0.15) is 10.5 Å². The van der Waals surface area contributed by atoms with Gasteiger partial charge in [0, 0.05) is 61.2 Å². The Morgan fingerprint density at radius 3 is 2.75 bits per heavy atom. The lowest BCUT2D eigenvalue weighted by atomic mass is 9.87. The molecule has 0 radical (unpaired) electrons. The number of amides is 1. The fourth-order valence-corrected chi connectivity index (χ4v) is 5.61. The van der Waals surface area contributed by atoms with Gasteiger partial charge in [-0.2, -0.15) is 5.10 Å². The monoisotopic (exact) mass is 412 g/mol. The van der Waals surface area contributed by atoms with E-state index in [1.54, 1.807) is 12.4 Å². The first kappa shape index (κ1) is 18.0. The van der Waals surface area contributed by atoms with E-state index in [1.807, 2.05) is 0 Å². The molecule has 10 heteroatoms. The van der Waals surface area contributed by atoms with E-state index in [0.29, 0.717) is 26.6 Å². The Morgan fingerprint density at radius 1 is 1.25 bits per heavy atom. The zero-order valence-corrected chi connectivity index (χ0v) is 15.8. The lowest BCUT2D eigenvalue weighted by molar-refractivity contribution is -0.0297. The Balaban J connectivity index is 1.59. The maximum atomic E-state index is 15.5. The van der Waals surface area contributed by atoms with Gasteiger partial charge >= 0.3 is 0 Å². The van der Waals surface area contributed by atoms with Crippen molar-refractivity contribution in [3.63, 3.8) is 0 Å². The number of nitrogens with one attached hydrogen (secondary N) is 2. The van der Waals surface area contributed by atoms with Crippen LogP contribution in [0.5, 0.6) is 0 Å². The van der Waals surface area contributed by atoms with Crippen LogP contribution in [-0.4, -0.2) is 60.0 Å². The summed E-state index contributed by atoms with van der Waals surface area (Å²) in [6.07, 6.45) is 3.02. The van der Waals surface area contributed by atoms with E-state index >= 15 is 4.39 Å². The van der Waals surface area contributed by atoms with E-state index in [0.717, 1.165) is 11.3 Å². The number of carbonyl (C=O) groups excluding carboxylic acids is 1. The van der Waals surface area contributed by atoms with Crippen LogP contribution in [0.3, 0.4) is 0 Å². The second-order valence-corrected chi connectivity index (χ2v) is 8.68. The summed E-state index contributed by atoms with van der Waals surface area (Å²) in [6, 6.07) is -0.859. The third-order valence-corrected chi connectivity index (χ3v) is 7.05. The van der Waals surface area contributed by atoms with Crippen LogP contribution in [0.1, 0.15) is 28.1 Å². The minimum Gasteiger partial charge on any atom is -0.381 e. The molecule has 0 saturated carbocycles. The molecular weight excluding hydrogens is 393 g/mol. The van der Waals surface area contributed by atoms with Crippen LogP contribution in [0.4, 0.5) is 18.9 Å². The number of nitrogens with zero attached hydrogens (tertiary/aromatic N) is 2. The zero-order valence-electron chi connectivity index (χ0n) is 14.9. The highest BCUT2D eigenvalue weighted by Gasteiger charge is 2.49. The molecule has 0 aromatic carbocycles. The third-order valence-electron chi connectivity index (χ3n) is 5.78. The van der Waals surface area contributed by atoms with Gasteiger partial charge in [-0.3, -0.25) is 9.89 Å². The fourth-order valence-electron chi connectivity index (χ4n) is 4.39. The second kappa shape index (κ2) is 6.21.